The van der Waals surface area contributed by atoms with Crippen LogP contribution in [0.5, 0.6) is 0 Å². The molecular weight excluding hydrogens is 278 g/mol. The van der Waals surface area contributed by atoms with Gasteiger partial charge in [0, 0.05) is 26.0 Å². The molecule has 1 aliphatic carbocycles. The molecule has 120 valence electrons. The topological polar surface area (TPSA) is 64.6 Å². The maximum atomic E-state index is 11.6. The third kappa shape index (κ3) is 7.57. The van der Waals surface area contributed by atoms with Crippen LogP contribution in [0.15, 0.2) is 0 Å². The van der Waals surface area contributed by atoms with Crippen molar-refractivity contribution in [3.8, 4) is 0 Å². The van der Waals surface area contributed by atoms with Crippen molar-refractivity contribution in [1.29, 1.82) is 0 Å². The molecule has 0 radical (unpaired) electrons. The molecule has 1 saturated carbocycles. The quantitative estimate of drug-likeness (QED) is 0.618. The van der Waals surface area contributed by atoms with Gasteiger partial charge in [0.05, 0.1) is 18.5 Å². The van der Waals surface area contributed by atoms with E-state index in [2.05, 4.69) is 5.32 Å². The molecule has 2 atom stereocenters. The first-order valence-corrected chi connectivity index (χ1v) is 9.48. The summed E-state index contributed by atoms with van der Waals surface area (Å²) in [5, 5.41) is 3.33. The van der Waals surface area contributed by atoms with E-state index in [0.29, 0.717) is 19.3 Å². The SMILES string of the molecule is COCCOCCCCNC1CCCC(S(C)(=O)=O)C1. The Labute approximate surface area is 123 Å². The number of methoxy groups -OCH3 is 1. The number of ether oxygens (including phenoxy) is 2. The number of nitrogens with one attached hydrogen (secondary N) is 1. The predicted octanol–water partition coefficient (Wildman–Crippen LogP) is 1.38. The van der Waals surface area contributed by atoms with E-state index in [9.17, 15) is 8.42 Å². The second-order valence-corrected chi connectivity index (χ2v) is 7.91. The molecule has 1 aliphatic rings. The molecule has 1 N–H and O–H groups in total. The van der Waals surface area contributed by atoms with E-state index in [-0.39, 0.29) is 5.25 Å². The minimum Gasteiger partial charge on any atom is -0.382 e. The molecule has 0 saturated heterocycles. The summed E-state index contributed by atoms with van der Waals surface area (Å²) >= 11 is 0. The first kappa shape index (κ1) is 17.9. The van der Waals surface area contributed by atoms with Crippen LogP contribution in [0.1, 0.15) is 38.5 Å². The smallest absolute Gasteiger partial charge is 0.150 e. The van der Waals surface area contributed by atoms with Crippen LogP contribution in [-0.2, 0) is 19.3 Å². The average Bonchev–Trinajstić information content (AvgIpc) is 2.41. The lowest BCUT2D eigenvalue weighted by Gasteiger charge is -2.28. The van der Waals surface area contributed by atoms with Crippen molar-refractivity contribution >= 4 is 9.84 Å². The van der Waals surface area contributed by atoms with Crippen molar-refractivity contribution in [2.24, 2.45) is 0 Å². The number of unbranched alkanes of at least 4 members (excludes halogenated alkanes) is 1. The zero-order valence-electron chi connectivity index (χ0n) is 12.8. The molecule has 0 spiro atoms. The second kappa shape index (κ2) is 9.71. The van der Waals surface area contributed by atoms with E-state index < -0.39 is 9.84 Å². The molecule has 0 heterocycles. The van der Waals surface area contributed by atoms with Crippen molar-refractivity contribution in [2.75, 3.05) is 39.7 Å². The Morgan fingerprint density at radius 3 is 2.65 bits per heavy atom. The minimum absolute atomic E-state index is 0.147. The molecule has 0 amide bonds. The standard InChI is InChI=1S/C14H29NO4S/c1-18-10-11-19-9-4-3-8-15-13-6-5-7-14(12-13)20(2,16)17/h13-15H,3-12H2,1-2H3. The summed E-state index contributed by atoms with van der Waals surface area (Å²) in [6, 6.07) is 0.359. The van der Waals surface area contributed by atoms with Crippen LogP contribution in [0.3, 0.4) is 0 Å². The highest BCUT2D eigenvalue weighted by Crippen LogP contribution is 2.23. The first-order chi connectivity index (χ1) is 9.54. The second-order valence-electron chi connectivity index (χ2n) is 5.58. The summed E-state index contributed by atoms with van der Waals surface area (Å²) in [5.41, 5.74) is 0. The first-order valence-electron chi connectivity index (χ1n) is 7.53. The van der Waals surface area contributed by atoms with E-state index >= 15 is 0 Å². The van der Waals surface area contributed by atoms with E-state index in [1.165, 1.54) is 6.26 Å². The summed E-state index contributed by atoms with van der Waals surface area (Å²) in [6.07, 6.45) is 7.14. The van der Waals surface area contributed by atoms with Crippen LogP contribution in [0, 0.1) is 0 Å². The molecule has 1 fully saturated rings. The summed E-state index contributed by atoms with van der Waals surface area (Å²) < 4.78 is 33.5. The van der Waals surface area contributed by atoms with Gasteiger partial charge in [-0.05, 0) is 38.6 Å². The summed E-state index contributed by atoms with van der Waals surface area (Å²) in [7, 11) is -1.21. The van der Waals surface area contributed by atoms with Crippen LogP contribution >= 0.6 is 0 Å². The lowest BCUT2D eigenvalue weighted by molar-refractivity contribution is 0.0687. The highest BCUT2D eigenvalue weighted by Gasteiger charge is 2.28. The van der Waals surface area contributed by atoms with Gasteiger partial charge >= 0.3 is 0 Å². The van der Waals surface area contributed by atoms with Gasteiger partial charge in [-0.2, -0.15) is 0 Å². The maximum Gasteiger partial charge on any atom is 0.150 e. The largest absolute Gasteiger partial charge is 0.382 e. The third-order valence-electron chi connectivity index (χ3n) is 3.81. The van der Waals surface area contributed by atoms with Gasteiger partial charge in [0.25, 0.3) is 0 Å². The molecule has 2 unspecified atom stereocenters. The molecule has 0 aromatic rings. The minimum atomic E-state index is -2.88. The Morgan fingerprint density at radius 2 is 1.95 bits per heavy atom. The van der Waals surface area contributed by atoms with Gasteiger partial charge in [-0.3, -0.25) is 0 Å². The fourth-order valence-electron chi connectivity index (χ4n) is 2.60. The lowest BCUT2D eigenvalue weighted by atomic mass is 9.95. The van der Waals surface area contributed by atoms with Crippen molar-refractivity contribution in [3.63, 3.8) is 0 Å². The van der Waals surface area contributed by atoms with Gasteiger partial charge in [-0.25, -0.2) is 8.42 Å². The lowest BCUT2D eigenvalue weighted by Crippen LogP contribution is -2.39. The summed E-state index contributed by atoms with van der Waals surface area (Å²) in [6.45, 7) is 3.01. The number of hydrogen-bond donors (Lipinski definition) is 1. The van der Waals surface area contributed by atoms with E-state index in [1.54, 1.807) is 7.11 Å². The molecule has 0 aliphatic heterocycles. The Bertz CT molecular complexity index is 345. The zero-order valence-corrected chi connectivity index (χ0v) is 13.6. The van der Waals surface area contributed by atoms with Gasteiger partial charge in [-0.15, -0.1) is 0 Å². The van der Waals surface area contributed by atoms with Gasteiger partial charge in [0.1, 0.15) is 9.84 Å². The van der Waals surface area contributed by atoms with Crippen LogP contribution < -0.4 is 5.32 Å². The Morgan fingerprint density at radius 1 is 1.15 bits per heavy atom. The normalized spacial score (nSPS) is 23.9. The molecule has 6 heteroatoms. The van der Waals surface area contributed by atoms with Crippen molar-refractivity contribution in [1.82, 2.24) is 5.32 Å². The highest BCUT2D eigenvalue weighted by atomic mass is 32.2. The van der Waals surface area contributed by atoms with Gasteiger partial charge in [0.15, 0.2) is 0 Å². The van der Waals surface area contributed by atoms with E-state index in [0.717, 1.165) is 51.7 Å². The molecule has 20 heavy (non-hydrogen) atoms. The van der Waals surface area contributed by atoms with E-state index in [4.69, 9.17) is 9.47 Å². The van der Waals surface area contributed by atoms with Gasteiger partial charge < -0.3 is 14.8 Å². The molecule has 0 aromatic heterocycles. The predicted molar refractivity (Wildman–Crippen MR) is 80.8 cm³/mol. The average molecular weight is 307 g/mol. The zero-order chi connectivity index (χ0) is 14.8. The summed E-state index contributed by atoms with van der Waals surface area (Å²) in [5.74, 6) is 0. The number of sulfone groups is 1. The van der Waals surface area contributed by atoms with Crippen LogP contribution in [0.2, 0.25) is 0 Å². The molecule has 5 nitrogen and oxygen atoms in total. The van der Waals surface area contributed by atoms with E-state index in [1.807, 2.05) is 0 Å². The molecule has 0 bridgehead atoms. The molecule has 0 aromatic carbocycles. The fraction of sp³-hybridized carbons (Fsp3) is 1.00. The monoisotopic (exact) mass is 307 g/mol. The number of hydrogen-bond acceptors (Lipinski definition) is 5. The van der Waals surface area contributed by atoms with Crippen LogP contribution in [0.25, 0.3) is 0 Å². The van der Waals surface area contributed by atoms with Crippen molar-refractivity contribution < 1.29 is 17.9 Å². The Balaban J connectivity index is 2.04. The highest BCUT2D eigenvalue weighted by molar-refractivity contribution is 7.91. The number of rotatable bonds is 10. The van der Waals surface area contributed by atoms with Gasteiger partial charge in [0.2, 0.25) is 0 Å². The van der Waals surface area contributed by atoms with Crippen molar-refractivity contribution in [3.05, 3.63) is 0 Å². The van der Waals surface area contributed by atoms with Crippen LogP contribution in [-0.4, -0.2) is 59.4 Å². The summed E-state index contributed by atoms with van der Waals surface area (Å²) in [4.78, 5) is 0. The Hall–Kier alpha value is -0.170. The van der Waals surface area contributed by atoms with Crippen molar-refractivity contribution in [2.45, 2.75) is 49.8 Å². The fourth-order valence-corrected chi connectivity index (χ4v) is 3.78. The molecule has 1 rings (SSSR count). The maximum absolute atomic E-state index is 11.6. The van der Waals surface area contributed by atoms with Gasteiger partial charge in [-0.1, -0.05) is 6.42 Å². The van der Waals surface area contributed by atoms with Crippen LogP contribution in [0.4, 0.5) is 0 Å². The third-order valence-corrected chi connectivity index (χ3v) is 5.45. The Kier molecular flexibility index (Phi) is 8.68. The molecular formula is C14H29NO4S.